The topological polar surface area (TPSA) is 137 Å². The van der Waals surface area contributed by atoms with Gasteiger partial charge in [0.25, 0.3) is 5.69 Å². The van der Waals surface area contributed by atoms with Crippen LogP contribution >= 0.6 is 0 Å². The lowest BCUT2D eigenvalue weighted by atomic mass is 10.2. The van der Waals surface area contributed by atoms with Crippen molar-refractivity contribution in [3.05, 3.63) is 58.1 Å². The molecule has 0 aliphatic rings. The standard InChI is InChI=1S/C19H23N3O7S/c1-3-14-5-4-6-15(11-14)28-9-10-29-19(23)13-21-30(26,27)16-7-8-17(20-2)18(12-16)22(24)25/h4-8,11-12,20-21H,3,9-10,13H2,1-2H3. The summed E-state index contributed by atoms with van der Waals surface area (Å²) in [5.74, 6) is -0.149. The van der Waals surface area contributed by atoms with Crippen molar-refractivity contribution in [1.82, 2.24) is 4.72 Å². The van der Waals surface area contributed by atoms with Crippen molar-refractivity contribution in [3.8, 4) is 5.75 Å². The minimum atomic E-state index is -4.13. The minimum Gasteiger partial charge on any atom is -0.490 e. The average molecular weight is 437 g/mol. The highest BCUT2D eigenvalue weighted by atomic mass is 32.2. The number of nitro benzene ring substituents is 1. The maximum absolute atomic E-state index is 12.3. The molecule has 0 bridgehead atoms. The Hall–Kier alpha value is -3.18. The van der Waals surface area contributed by atoms with Crippen molar-refractivity contribution in [2.24, 2.45) is 0 Å². The van der Waals surface area contributed by atoms with E-state index in [4.69, 9.17) is 9.47 Å². The first-order valence-corrected chi connectivity index (χ1v) is 10.6. The number of ether oxygens (including phenoxy) is 2. The van der Waals surface area contributed by atoms with E-state index in [0.29, 0.717) is 5.75 Å². The fraction of sp³-hybridized carbons (Fsp3) is 0.316. The van der Waals surface area contributed by atoms with E-state index in [1.54, 1.807) is 6.07 Å². The molecular weight excluding hydrogens is 414 g/mol. The fourth-order valence-electron chi connectivity index (χ4n) is 2.50. The Balaban J connectivity index is 1.84. The zero-order chi connectivity index (χ0) is 22.1. The highest BCUT2D eigenvalue weighted by Crippen LogP contribution is 2.26. The normalized spacial score (nSPS) is 11.0. The first-order chi connectivity index (χ1) is 14.3. The molecule has 0 spiro atoms. The maximum Gasteiger partial charge on any atom is 0.321 e. The van der Waals surface area contributed by atoms with E-state index >= 15 is 0 Å². The molecule has 0 aliphatic heterocycles. The minimum absolute atomic E-state index is 0.0563. The molecule has 0 saturated carbocycles. The molecule has 2 aromatic carbocycles. The first-order valence-electron chi connectivity index (χ1n) is 9.10. The van der Waals surface area contributed by atoms with E-state index < -0.39 is 33.1 Å². The lowest BCUT2D eigenvalue weighted by molar-refractivity contribution is -0.384. The summed E-state index contributed by atoms with van der Waals surface area (Å²) >= 11 is 0. The molecule has 2 aromatic rings. The van der Waals surface area contributed by atoms with E-state index in [2.05, 4.69) is 10.0 Å². The van der Waals surface area contributed by atoms with Gasteiger partial charge in [-0.3, -0.25) is 14.9 Å². The molecule has 2 rings (SSSR count). The number of aryl methyl sites for hydroxylation is 1. The number of nitrogens with one attached hydrogen (secondary N) is 2. The van der Waals surface area contributed by atoms with Gasteiger partial charge in [-0.1, -0.05) is 19.1 Å². The molecule has 0 radical (unpaired) electrons. The monoisotopic (exact) mass is 437 g/mol. The van der Waals surface area contributed by atoms with Crippen molar-refractivity contribution < 1.29 is 27.6 Å². The molecule has 0 aromatic heterocycles. The molecule has 0 fully saturated rings. The van der Waals surface area contributed by atoms with E-state index in [1.807, 2.05) is 25.1 Å². The van der Waals surface area contributed by atoms with Gasteiger partial charge in [-0.25, -0.2) is 8.42 Å². The second-order valence-corrected chi connectivity index (χ2v) is 7.85. The van der Waals surface area contributed by atoms with Gasteiger partial charge in [0.2, 0.25) is 10.0 Å². The Labute approximate surface area is 174 Å². The summed E-state index contributed by atoms with van der Waals surface area (Å²) in [6.07, 6.45) is 0.868. The van der Waals surface area contributed by atoms with Gasteiger partial charge >= 0.3 is 5.97 Å². The molecule has 0 atom stereocenters. The van der Waals surface area contributed by atoms with Crippen LogP contribution in [0.4, 0.5) is 11.4 Å². The number of sulfonamides is 1. The summed E-state index contributed by atoms with van der Waals surface area (Å²) in [4.78, 5) is 21.8. The largest absolute Gasteiger partial charge is 0.490 e. The highest BCUT2D eigenvalue weighted by molar-refractivity contribution is 7.89. The molecule has 0 amide bonds. The number of anilines is 1. The van der Waals surface area contributed by atoms with Gasteiger partial charge in [0.05, 0.1) is 9.82 Å². The number of nitro groups is 1. The molecule has 0 unspecified atom stereocenters. The molecule has 0 heterocycles. The third-order valence-corrected chi connectivity index (χ3v) is 5.47. The number of hydrogen-bond donors (Lipinski definition) is 2. The second-order valence-electron chi connectivity index (χ2n) is 6.08. The van der Waals surface area contributed by atoms with Crippen LogP contribution in [0.1, 0.15) is 12.5 Å². The Morgan fingerprint density at radius 3 is 2.60 bits per heavy atom. The van der Waals surface area contributed by atoms with Crippen molar-refractivity contribution in [2.75, 3.05) is 32.1 Å². The van der Waals surface area contributed by atoms with Crippen molar-refractivity contribution in [2.45, 2.75) is 18.2 Å². The van der Waals surface area contributed by atoms with Crippen LogP contribution in [0.15, 0.2) is 47.4 Å². The maximum atomic E-state index is 12.3. The number of nitrogens with zero attached hydrogens (tertiary/aromatic N) is 1. The third-order valence-electron chi connectivity index (χ3n) is 4.07. The van der Waals surface area contributed by atoms with E-state index in [1.165, 1.54) is 19.2 Å². The van der Waals surface area contributed by atoms with Gasteiger partial charge in [0.1, 0.15) is 31.2 Å². The van der Waals surface area contributed by atoms with Crippen molar-refractivity contribution in [3.63, 3.8) is 0 Å². The van der Waals surface area contributed by atoms with E-state index in [0.717, 1.165) is 18.1 Å². The lowest BCUT2D eigenvalue weighted by Crippen LogP contribution is -2.31. The highest BCUT2D eigenvalue weighted by Gasteiger charge is 2.21. The number of hydrogen-bond acceptors (Lipinski definition) is 8. The summed E-state index contributed by atoms with van der Waals surface area (Å²) in [6.45, 7) is 1.47. The quantitative estimate of drug-likeness (QED) is 0.236. The van der Waals surface area contributed by atoms with Crippen LogP contribution in [-0.4, -0.2) is 46.1 Å². The zero-order valence-corrected chi connectivity index (χ0v) is 17.4. The zero-order valence-electron chi connectivity index (χ0n) is 16.6. The van der Waals surface area contributed by atoms with E-state index in [9.17, 15) is 23.3 Å². The molecule has 10 nitrogen and oxygen atoms in total. The number of carbonyl (C=O) groups is 1. The molecule has 0 saturated heterocycles. The van der Waals surface area contributed by atoms with Gasteiger partial charge < -0.3 is 14.8 Å². The van der Waals surface area contributed by atoms with Crippen molar-refractivity contribution >= 4 is 27.4 Å². The summed E-state index contributed by atoms with van der Waals surface area (Å²) in [5.41, 5.74) is 0.886. The molecule has 0 aliphatic carbocycles. The number of carbonyl (C=O) groups excluding carboxylic acids is 1. The molecule has 2 N–H and O–H groups in total. The molecule has 162 valence electrons. The second kappa shape index (κ2) is 10.6. The number of esters is 1. The summed E-state index contributed by atoms with van der Waals surface area (Å²) in [5, 5.41) is 13.7. The average Bonchev–Trinajstić information content (AvgIpc) is 2.75. The van der Waals surface area contributed by atoms with Gasteiger partial charge in [-0.15, -0.1) is 0 Å². The Bertz CT molecular complexity index is 1010. The fourth-order valence-corrected chi connectivity index (χ4v) is 3.49. The summed E-state index contributed by atoms with van der Waals surface area (Å²) in [7, 11) is -2.65. The Morgan fingerprint density at radius 1 is 1.17 bits per heavy atom. The van der Waals surface area contributed by atoms with E-state index in [-0.39, 0.29) is 23.8 Å². The lowest BCUT2D eigenvalue weighted by Gasteiger charge is -2.10. The first kappa shape index (κ1) is 23.1. The van der Waals surface area contributed by atoms with Crippen molar-refractivity contribution in [1.29, 1.82) is 0 Å². The predicted molar refractivity (Wildman–Crippen MR) is 110 cm³/mol. The van der Waals surface area contributed by atoms with Crippen LogP contribution in [-0.2, 0) is 26.0 Å². The number of benzene rings is 2. The molecule has 30 heavy (non-hydrogen) atoms. The third kappa shape index (κ3) is 6.42. The summed E-state index contributed by atoms with van der Waals surface area (Å²) < 4.78 is 37.1. The smallest absolute Gasteiger partial charge is 0.321 e. The Kier molecular flexibility index (Phi) is 8.13. The summed E-state index contributed by atoms with van der Waals surface area (Å²) in [6, 6.07) is 10.9. The molecular formula is C19H23N3O7S. The van der Waals surface area contributed by atoms with Crippen LogP contribution in [0.3, 0.4) is 0 Å². The Morgan fingerprint density at radius 2 is 1.93 bits per heavy atom. The van der Waals surface area contributed by atoms with Gasteiger partial charge in [-0.05, 0) is 36.2 Å². The van der Waals surface area contributed by atoms with Crippen LogP contribution in [0, 0.1) is 10.1 Å². The van der Waals surface area contributed by atoms with Gasteiger partial charge in [0.15, 0.2) is 0 Å². The van der Waals surface area contributed by atoms with Crippen LogP contribution in [0.5, 0.6) is 5.75 Å². The SMILES string of the molecule is CCc1cccc(OCCOC(=O)CNS(=O)(=O)c2ccc(NC)c([N+](=O)[O-])c2)c1. The number of rotatable bonds is 11. The van der Waals surface area contributed by atoms with Crippen LogP contribution in [0.25, 0.3) is 0 Å². The van der Waals surface area contributed by atoms with Crippen LogP contribution < -0.4 is 14.8 Å². The van der Waals surface area contributed by atoms with Gasteiger partial charge in [-0.2, -0.15) is 4.72 Å². The molecule has 11 heteroatoms. The van der Waals surface area contributed by atoms with Gasteiger partial charge in [0, 0.05) is 13.1 Å². The predicted octanol–water partition coefficient (Wildman–Crippen LogP) is 2.10. The van der Waals surface area contributed by atoms with Crippen LogP contribution in [0.2, 0.25) is 0 Å².